The van der Waals surface area contributed by atoms with Crippen molar-refractivity contribution < 1.29 is 26.4 Å². The van der Waals surface area contributed by atoms with Gasteiger partial charge in [0.15, 0.2) is 0 Å². The summed E-state index contributed by atoms with van der Waals surface area (Å²) in [4.78, 5) is 11.6. The van der Waals surface area contributed by atoms with Crippen molar-refractivity contribution in [2.75, 3.05) is 39.4 Å². The largest absolute Gasteiger partial charge is 0.379 e. The Hall–Kier alpha value is -1.79. The summed E-state index contributed by atoms with van der Waals surface area (Å²) in [6.07, 6.45) is 2.45. The van der Waals surface area contributed by atoms with Crippen molar-refractivity contribution in [3.8, 4) is 0 Å². The quantitative estimate of drug-likeness (QED) is 0.627. The molecule has 0 saturated carbocycles. The minimum absolute atomic E-state index is 0.0223. The van der Waals surface area contributed by atoms with Gasteiger partial charge in [0, 0.05) is 32.2 Å². The highest BCUT2D eigenvalue weighted by atomic mass is 32.2. The second-order valence-electron chi connectivity index (χ2n) is 6.90. The lowest BCUT2D eigenvalue weighted by atomic mass is 10.1. The van der Waals surface area contributed by atoms with E-state index >= 15 is 0 Å². The normalized spacial score (nSPS) is 22.1. The van der Waals surface area contributed by atoms with Crippen LogP contribution >= 0.6 is 0 Å². The van der Waals surface area contributed by atoms with Crippen LogP contribution in [0.3, 0.4) is 0 Å². The van der Waals surface area contributed by atoms with Crippen LogP contribution in [0.5, 0.6) is 0 Å². The molecule has 0 radical (unpaired) electrons. The average Bonchev–Trinajstić information content (AvgIpc) is 2.74. The van der Waals surface area contributed by atoms with E-state index in [4.69, 9.17) is 4.74 Å². The Labute approximate surface area is 171 Å². The van der Waals surface area contributed by atoms with Crippen LogP contribution in [0.2, 0.25) is 0 Å². The van der Waals surface area contributed by atoms with Crippen LogP contribution in [0.25, 0.3) is 0 Å². The van der Waals surface area contributed by atoms with E-state index in [-0.39, 0.29) is 41.4 Å². The Morgan fingerprint density at radius 1 is 1.00 bits per heavy atom. The van der Waals surface area contributed by atoms with E-state index in [9.17, 15) is 21.6 Å². The number of carbonyl (C=O) groups is 1. The van der Waals surface area contributed by atoms with Crippen LogP contribution in [0, 0.1) is 0 Å². The van der Waals surface area contributed by atoms with Crippen LogP contribution in [0.15, 0.2) is 46.7 Å². The van der Waals surface area contributed by atoms with E-state index < -0.39 is 20.0 Å². The topological polar surface area (TPSA) is 113 Å². The molecule has 3 rings (SSSR count). The molecule has 0 bridgehead atoms. The number of hydrogen-bond donors (Lipinski definition) is 1. The lowest BCUT2D eigenvalue weighted by Gasteiger charge is -2.32. The maximum absolute atomic E-state index is 13.0. The average molecular weight is 444 g/mol. The Bertz CT molecular complexity index is 954. The SMILES string of the molecule is C=CC(=O)N[C@H]1CCCN(S(=O)(=O)c2ccc(S(=O)(=O)N3CCOCC3)cc2)C1. The van der Waals surface area contributed by atoms with Crippen molar-refractivity contribution >= 4 is 26.0 Å². The van der Waals surface area contributed by atoms with Gasteiger partial charge in [-0.25, -0.2) is 16.8 Å². The highest BCUT2D eigenvalue weighted by molar-refractivity contribution is 7.89. The zero-order valence-corrected chi connectivity index (χ0v) is 17.6. The molecule has 0 aliphatic carbocycles. The minimum atomic E-state index is -3.80. The maximum atomic E-state index is 13.0. The third kappa shape index (κ3) is 4.86. The summed E-state index contributed by atoms with van der Waals surface area (Å²) in [7, 11) is -7.48. The fourth-order valence-electron chi connectivity index (χ4n) is 3.41. The molecular formula is C18H25N3O6S2. The van der Waals surface area contributed by atoms with Gasteiger partial charge >= 0.3 is 0 Å². The molecule has 2 aliphatic rings. The fourth-order valence-corrected chi connectivity index (χ4v) is 6.34. The molecule has 0 aromatic heterocycles. The van der Waals surface area contributed by atoms with Crippen molar-refractivity contribution in [1.82, 2.24) is 13.9 Å². The summed E-state index contributed by atoms with van der Waals surface area (Å²) in [6, 6.07) is 4.98. The summed E-state index contributed by atoms with van der Waals surface area (Å²) in [5.74, 6) is -0.341. The number of rotatable bonds is 6. The van der Waals surface area contributed by atoms with Gasteiger partial charge in [-0.2, -0.15) is 8.61 Å². The van der Waals surface area contributed by atoms with E-state index in [0.717, 1.165) is 6.08 Å². The van der Waals surface area contributed by atoms with Gasteiger partial charge in [0.05, 0.1) is 23.0 Å². The molecule has 1 aromatic carbocycles. The molecule has 0 spiro atoms. The highest BCUT2D eigenvalue weighted by Crippen LogP contribution is 2.24. The molecule has 1 amide bonds. The second-order valence-corrected chi connectivity index (χ2v) is 10.8. The number of ether oxygens (including phenoxy) is 1. The molecule has 0 unspecified atom stereocenters. The Balaban J connectivity index is 1.76. The van der Waals surface area contributed by atoms with Crippen molar-refractivity contribution in [2.24, 2.45) is 0 Å². The van der Waals surface area contributed by atoms with E-state index in [1.54, 1.807) is 0 Å². The molecule has 2 heterocycles. The van der Waals surface area contributed by atoms with E-state index in [1.165, 1.54) is 32.9 Å². The van der Waals surface area contributed by atoms with Crippen LogP contribution < -0.4 is 5.32 Å². The smallest absolute Gasteiger partial charge is 0.243 e. The molecule has 1 atom stereocenters. The first kappa shape index (κ1) is 21.9. The monoisotopic (exact) mass is 443 g/mol. The number of nitrogens with one attached hydrogen (secondary N) is 1. The van der Waals surface area contributed by atoms with E-state index in [2.05, 4.69) is 11.9 Å². The molecular weight excluding hydrogens is 418 g/mol. The summed E-state index contributed by atoms with van der Waals surface area (Å²) >= 11 is 0. The highest BCUT2D eigenvalue weighted by Gasteiger charge is 2.32. The van der Waals surface area contributed by atoms with Crippen molar-refractivity contribution in [1.29, 1.82) is 0 Å². The van der Waals surface area contributed by atoms with Crippen LogP contribution in [0.1, 0.15) is 12.8 Å². The molecule has 2 saturated heterocycles. The number of hydrogen-bond acceptors (Lipinski definition) is 6. The second kappa shape index (κ2) is 8.92. The number of morpholine rings is 1. The van der Waals surface area contributed by atoms with Gasteiger partial charge in [-0.1, -0.05) is 6.58 Å². The van der Waals surface area contributed by atoms with E-state index in [0.29, 0.717) is 32.6 Å². The van der Waals surface area contributed by atoms with Gasteiger partial charge < -0.3 is 10.1 Å². The zero-order chi connectivity index (χ0) is 21.1. The van der Waals surface area contributed by atoms with Crippen LogP contribution in [-0.2, 0) is 29.6 Å². The predicted octanol–water partition coefficient (Wildman–Crippen LogP) is 0.163. The molecule has 2 fully saturated rings. The van der Waals surface area contributed by atoms with Crippen molar-refractivity contribution in [3.63, 3.8) is 0 Å². The Morgan fingerprint density at radius 3 is 2.10 bits per heavy atom. The minimum Gasteiger partial charge on any atom is -0.379 e. The fraction of sp³-hybridized carbons (Fsp3) is 0.500. The maximum Gasteiger partial charge on any atom is 0.243 e. The first-order valence-corrected chi connectivity index (χ1v) is 12.2. The van der Waals surface area contributed by atoms with Gasteiger partial charge in [0.25, 0.3) is 0 Å². The molecule has 11 heteroatoms. The van der Waals surface area contributed by atoms with Gasteiger partial charge in [-0.3, -0.25) is 4.79 Å². The molecule has 2 aliphatic heterocycles. The Kier molecular flexibility index (Phi) is 6.74. The van der Waals surface area contributed by atoms with Crippen LogP contribution in [-0.4, -0.2) is 76.8 Å². The number of nitrogens with zero attached hydrogens (tertiary/aromatic N) is 2. The van der Waals surface area contributed by atoms with E-state index in [1.807, 2.05) is 0 Å². The first-order chi connectivity index (χ1) is 13.7. The lowest BCUT2D eigenvalue weighted by molar-refractivity contribution is -0.117. The molecule has 29 heavy (non-hydrogen) atoms. The summed E-state index contributed by atoms with van der Waals surface area (Å²) in [5, 5.41) is 2.73. The van der Waals surface area contributed by atoms with Crippen LogP contribution in [0.4, 0.5) is 0 Å². The lowest BCUT2D eigenvalue weighted by Crippen LogP contribution is -2.49. The van der Waals surface area contributed by atoms with Gasteiger partial charge in [-0.05, 0) is 43.2 Å². The van der Waals surface area contributed by atoms with Crippen molar-refractivity contribution in [2.45, 2.75) is 28.7 Å². The molecule has 1 aromatic rings. The number of sulfonamides is 2. The number of amides is 1. The third-order valence-electron chi connectivity index (χ3n) is 4.99. The van der Waals surface area contributed by atoms with Gasteiger partial charge in [-0.15, -0.1) is 0 Å². The first-order valence-electron chi connectivity index (χ1n) is 9.36. The third-order valence-corrected chi connectivity index (χ3v) is 8.78. The van der Waals surface area contributed by atoms with Gasteiger partial charge in [0.1, 0.15) is 0 Å². The standard InChI is InChI=1S/C18H25N3O6S2/c1-2-18(22)19-15-4-3-9-21(14-15)29(25,26)17-7-5-16(6-8-17)28(23,24)20-10-12-27-13-11-20/h2,5-8,15H,1,3-4,9-14H2,(H,19,22)/t15-/m0/s1. The summed E-state index contributed by atoms with van der Waals surface area (Å²) in [5.41, 5.74) is 0. The number of piperidine rings is 1. The molecule has 1 N–H and O–H groups in total. The van der Waals surface area contributed by atoms with Crippen molar-refractivity contribution in [3.05, 3.63) is 36.9 Å². The summed E-state index contributed by atoms with van der Waals surface area (Å²) in [6.45, 7) is 5.12. The molecule has 9 nitrogen and oxygen atoms in total. The molecule has 160 valence electrons. The number of benzene rings is 1. The Morgan fingerprint density at radius 2 is 1.55 bits per heavy atom. The zero-order valence-electron chi connectivity index (χ0n) is 16.0. The van der Waals surface area contributed by atoms with Gasteiger partial charge in [0.2, 0.25) is 26.0 Å². The summed E-state index contributed by atoms with van der Waals surface area (Å²) < 4.78 is 59.1. The predicted molar refractivity (Wildman–Crippen MR) is 106 cm³/mol. The number of carbonyl (C=O) groups excluding carboxylic acids is 1.